The van der Waals surface area contributed by atoms with Crippen LogP contribution < -0.4 is 16.4 Å². The zero-order valence-corrected chi connectivity index (χ0v) is 41.3. The first kappa shape index (κ1) is 52.5. The Kier molecular flexibility index (Phi) is 23.8. The quantitative estimate of drug-likeness (QED) is 0.0474. The van der Waals surface area contributed by atoms with Gasteiger partial charge in [-0.2, -0.15) is 0 Å². The van der Waals surface area contributed by atoms with E-state index in [0.717, 1.165) is 99.7 Å². The summed E-state index contributed by atoms with van der Waals surface area (Å²) in [6.07, 6.45) is 36.0. The van der Waals surface area contributed by atoms with Crippen molar-refractivity contribution in [3.63, 3.8) is 0 Å². The van der Waals surface area contributed by atoms with Crippen molar-refractivity contribution in [1.82, 2.24) is 15.5 Å². The summed E-state index contributed by atoms with van der Waals surface area (Å²) < 4.78 is 6.08. The van der Waals surface area contributed by atoms with E-state index in [-0.39, 0.29) is 36.0 Å². The fraction of sp³-hybridized carbons (Fsp3) is 0.907. The maximum atomic E-state index is 13.4. The lowest BCUT2D eigenvalue weighted by molar-refractivity contribution is -0.136. The highest BCUT2D eigenvalue weighted by atomic mass is 16.6. The van der Waals surface area contributed by atoms with Gasteiger partial charge >= 0.3 is 6.09 Å². The van der Waals surface area contributed by atoms with E-state index in [2.05, 4.69) is 58.3 Å². The van der Waals surface area contributed by atoms with E-state index in [9.17, 15) is 14.4 Å². The van der Waals surface area contributed by atoms with Gasteiger partial charge in [-0.05, 0) is 124 Å². The molecule has 0 spiro atoms. The van der Waals surface area contributed by atoms with Gasteiger partial charge in [-0.3, -0.25) is 9.59 Å². The molecule has 8 heteroatoms. The van der Waals surface area contributed by atoms with Gasteiger partial charge in [0.25, 0.3) is 0 Å². The SMILES string of the molecule is CCCCCCCCCCCCCCC(=O)N(CCCNC(=O)O[C@H]1CC[C@@]2(C)C(=CC[C@H]3[C@@H]4CC[C@H]([C@H](C)CCCC(C)C)[C@@]4(C)CC[C@@H]32)C1)CC(=O)NCCCCCCN. The maximum absolute atomic E-state index is 13.4. The summed E-state index contributed by atoms with van der Waals surface area (Å²) in [5.41, 5.74) is 7.87. The van der Waals surface area contributed by atoms with E-state index in [1.807, 2.05) is 0 Å². The maximum Gasteiger partial charge on any atom is 0.407 e. The lowest BCUT2D eigenvalue weighted by Gasteiger charge is -2.58. The number of rotatable bonds is 31. The molecule has 3 fully saturated rings. The predicted molar refractivity (Wildman–Crippen MR) is 259 cm³/mol. The molecule has 0 aromatic carbocycles. The Morgan fingerprint density at radius 3 is 2.11 bits per heavy atom. The molecule has 8 atom stereocenters. The number of unbranched alkanes of at least 4 members (excludes halogenated alkanes) is 14. The summed E-state index contributed by atoms with van der Waals surface area (Å²) in [6, 6.07) is 0. The Balaban J connectivity index is 1.18. The third kappa shape index (κ3) is 16.4. The summed E-state index contributed by atoms with van der Waals surface area (Å²) >= 11 is 0. The molecule has 3 amide bonds. The summed E-state index contributed by atoms with van der Waals surface area (Å²) in [4.78, 5) is 41.2. The third-order valence-corrected chi connectivity index (χ3v) is 16.8. The van der Waals surface area contributed by atoms with Gasteiger partial charge in [0.05, 0.1) is 6.54 Å². The van der Waals surface area contributed by atoms with Gasteiger partial charge in [0.2, 0.25) is 11.8 Å². The molecule has 0 aromatic heterocycles. The van der Waals surface area contributed by atoms with Crippen LogP contribution in [0.4, 0.5) is 4.79 Å². The van der Waals surface area contributed by atoms with Crippen molar-refractivity contribution in [3.8, 4) is 0 Å². The number of alkyl carbamates (subject to hydrolysis) is 1. The number of hydrogen-bond donors (Lipinski definition) is 3. The second-order valence-corrected chi connectivity index (χ2v) is 21.8. The lowest BCUT2D eigenvalue weighted by Crippen LogP contribution is -2.51. The number of carbonyl (C=O) groups excluding carboxylic acids is 3. The van der Waals surface area contributed by atoms with Crippen LogP contribution >= 0.6 is 0 Å². The summed E-state index contributed by atoms with van der Waals surface area (Å²) in [6.45, 7) is 17.0. The highest BCUT2D eigenvalue weighted by Gasteiger charge is 2.59. The Hall–Kier alpha value is -2.09. The molecule has 0 aromatic rings. The minimum atomic E-state index is -0.359. The molecule has 0 radical (unpaired) electrons. The first-order valence-corrected chi connectivity index (χ1v) is 26.8. The second kappa shape index (κ2) is 28.1. The first-order chi connectivity index (χ1) is 29.9. The standard InChI is InChI=1S/C54H98N4O4/c1-7-8-9-10-11-12-13-14-15-16-17-20-27-51(60)58(41-50(59)56-37-22-19-18-21-36-55)39-24-38-57-52(61)62-45-32-34-53(5)44(40-45)28-29-46-48-31-30-47(43(4)26-23-25-42(2)3)54(48,6)35-33-49(46)53/h28,42-43,45-49H,7-27,29-41,55H2,1-6H3,(H,56,59)(H,57,61)/t43-,45+,46+,47-,48+,49+,53+,54-/m1/s1. The number of nitrogens with two attached hydrogens (primary N) is 1. The van der Waals surface area contributed by atoms with Crippen LogP contribution in [0.2, 0.25) is 0 Å². The molecule has 4 rings (SSSR count). The molecule has 3 saturated carbocycles. The van der Waals surface area contributed by atoms with Crippen molar-refractivity contribution in [2.24, 2.45) is 52.1 Å². The molecule has 8 nitrogen and oxygen atoms in total. The number of ether oxygens (including phenoxy) is 1. The number of nitrogens with zero attached hydrogens (tertiary/aromatic N) is 1. The van der Waals surface area contributed by atoms with Gasteiger partial charge in [0.1, 0.15) is 6.10 Å². The van der Waals surface area contributed by atoms with E-state index in [4.69, 9.17) is 10.5 Å². The predicted octanol–water partition coefficient (Wildman–Crippen LogP) is 13.1. The van der Waals surface area contributed by atoms with Gasteiger partial charge in [-0.15, -0.1) is 0 Å². The number of amides is 3. The van der Waals surface area contributed by atoms with Gasteiger partial charge in [0.15, 0.2) is 0 Å². The van der Waals surface area contributed by atoms with Gasteiger partial charge in [-0.25, -0.2) is 4.79 Å². The summed E-state index contributed by atoms with van der Waals surface area (Å²) in [5.74, 6) is 4.83. The molecular weight excluding hydrogens is 769 g/mol. The van der Waals surface area contributed by atoms with Crippen molar-refractivity contribution in [2.45, 2.75) is 234 Å². The topological polar surface area (TPSA) is 114 Å². The van der Waals surface area contributed by atoms with E-state index < -0.39 is 0 Å². The average Bonchev–Trinajstić information content (AvgIpc) is 3.60. The third-order valence-electron chi connectivity index (χ3n) is 16.8. The van der Waals surface area contributed by atoms with Crippen molar-refractivity contribution in [1.29, 1.82) is 0 Å². The molecule has 0 saturated heterocycles. The average molecular weight is 867 g/mol. The van der Waals surface area contributed by atoms with Crippen molar-refractivity contribution < 1.29 is 19.1 Å². The lowest BCUT2D eigenvalue weighted by atomic mass is 9.47. The van der Waals surface area contributed by atoms with Gasteiger partial charge in [-0.1, -0.05) is 156 Å². The highest BCUT2D eigenvalue weighted by molar-refractivity contribution is 5.84. The Morgan fingerprint density at radius 1 is 0.758 bits per heavy atom. The largest absolute Gasteiger partial charge is 0.446 e. The monoisotopic (exact) mass is 867 g/mol. The molecule has 4 aliphatic carbocycles. The van der Waals surface area contributed by atoms with Crippen LogP contribution in [0.5, 0.6) is 0 Å². The molecule has 4 aliphatic rings. The van der Waals surface area contributed by atoms with Crippen LogP contribution in [-0.4, -0.2) is 61.6 Å². The Bertz CT molecular complexity index is 1340. The molecule has 62 heavy (non-hydrogen) atoms. The molecule has 358 valence electrons. The second-order valence-electron chi connectivity index (χ2n) is 21.8. The van der Waals surface area contributed by atoms with Crippen LogP contribution in [0.25, 0.3) is 0 Å². The molecule has 0 heterocycles. The van der Waals surface area contributed by atoms with Crippen LogP contribution in [0, 0.1) is 46.3 Å². The van der Waals surface area contributed by atoms with Crippen LogP contribution in [-0.2, 0) is 14.3 Å². The molecule has 0 bridgehead atoms. The minimum absolute atomic E-state index is 0.0352. The molecular formula is C54H98N4O4. The Labute approximate surface area is 381 Å². The molecule has 0 aliphatic heterocycles. The van der Waals surface area contributed by atoms with Crippen LogP contribution in [0.15, 0.2) is 11.6 Å². The summed E-state index contributed by atoms with van der Waals surface area (Å²) in [7, 11) is 0. The van der Waals surface area contributed by atoms with Gasteiger partial charge in [0, 0.05) is 32.5 Å². The summed E-state index contributed by atoms with van der Waals surface area (Å²) in [5, 5.41) is 6.01. The van der Waals surface area contributed by atoms with Crippen molar-refractivity contribution in [3.05, 3.63) is 11.6 Å². The zero-order valence-electron chi connectivity index (χ0n) is 41.3. The number of nitrogens with one attached hydrogen (secondary N) is 2. The normalized spacial score (nSPS) is 27.2. The van der Waals surface area contributed by atoms with Crippen molar-refractivity contribution >= 4 is 17.9 Å². The minimum Gasteiger partial charge on any atom is -0.446 e. The fourth-order valence-electron chi connectivity index (χ4n) is 13.1. The zero-order chi connectivity index (χ0) is 44.8. The number of allylic oxidation sites excluding steroid dienone is 1. The highest BCUT2D eigenvalue weighted by Crippen LogP contribution is 2.67. The van der Waals surface area contributed by atoms with E-state index in [1.165, 1.54) is 109 Å². The molecule has 0 unspecified atom stereocenters. The van der Waals surface area contributed by atoms with Crippen LogP contribution in [0.1, 0.15) is 228 Å². The van der Waals surface area contributed by atoms with E-state index >= 15 is 0 Å². The number of carbonyl (C=O) groups is 3. The first-order valence-electron chi connectivity index (χ1n) is 26.8. The van der Waals surface area contributed by atoms with Crippen LogP contribution in [0.3, 0.4) is 0 Å². The Morgan fingerprint density at radius 2 is 1.42 bits per heavy atom. The number of hydrogen-bond acceptors (Lipinski definition) is 5. The van der Waals surface area contributed by atoms with Gasteiger partial charge < -0.3 is 26.0 Å². The van der Waals surface area contributed by atoms with Crippen molar-refractivity contribution in [2.75, 3.05) is 32.7 Å². The van der Waals surface area contributed by atoms with E-state index in [0.29, 0.717) is 44.4 Å². The number of fused-ring (bicyclic) bond motifs is 5. The van der Waals surface area contributed by atoms with E-state index in [1.54, 1.807) is 10.5 Å². The molecule has 4 N–H and O–H groups in total. The fourth-order valence-corrected chi connectivity index (χ4v) is 13.1. The smallest absolute Gasteiger partial charge is 0.407 e.